The van der Waals surface area contributed by atoms with E-state index in [1.54, 1.807) is 25.1 Å². The Bertz CT molecular complexity index is 515. The van der Waals surface area contributed by atoms with Crippen molar-refractivity contribution in [2.45, 2.75) is 24.7 Å². The lowest BCUT2D eigenvalue weighted by Gasteiger charge is -2.01. The van der Waals surface area contributed by atoms with Crippen LogP contribution in [0.1, 0.15) is 29.3 Å². The van der Waals surface area contributed by atoms with Gasteiger partial charge in [0, 0.05) is 12.0 Å². The van der Waals surface area contributed by atoms with Gasteiger partial charge in [0.2, 0.25) is 0 Å². The average molecular weight is 224 g/mol. The Hall–Kier alpha value is -1.16. The van der Waals surface area contributed by atoms with E-state index in [1.807, 2.05) is 0 Å². The summed E-state index contributed by atoms with van der Waals surface area (Å²) in [5.74, 6) is 0.230. The summed E-state index contributed by atoms with van der Waals surface area (Å²) in [5, 5.41) is 0. The van der Waals surface area contributed by atoms with E-state index < -0.39 is 9.84 Å². The molecule has 1 aromatic carbocycles. The van der Waals surface area contributed by atoms with E-state index in [0.29, 0.717) is 23.3 Å². The smallest absolute Gasteiger partial charge is 0.178 e. The minimum atomic E-state index is -3.07. The summed E-state index contributed by atoms with van der Waals surface area (Å²) in [7, 11) is -3.07. The number of benzene rings is 1. The van der Waals surface area contributed by atoms with Gasteiger partial charge in [0.05, 0.1) is 10.6 Å². The van der Waals surface area contributed by atoms with Crippen LogP contribution in [0.4, 0.5) is 0 Å². The highest BCUT2D eigenvalue weighted by molar-refractivity contribution is 7.91. The summed E-state index contributed by atoms with van der Waals surface area (Å²) in [6.07, 6.45) is 0.980. The molecule has 0 aliphatic carbocycles. The minimum absolute atomic E-state index is 0.0575. The number of carbonyl (C=O) groups is 1. The summed E-state index contributed by atoms with van der Waals surface area (Å²) in [5.41, 5.74) is 1.41. The fourth-order valence-corrected chi connectivity index (χ4v) is 3.35. The fourth-order valence-electron chi connectivity index (χ4n) is 1.81. The number of Topliss-reactive ketones (excluding diaryl/α,β-unsaturated/α-hetero) is 1. The molecule has 1 heterocycles. The molecular formula is C11H12O3S. The van der Waals surface area contributed by atoms with Gasteiger partial charge in [-0.3, -0.25) is 4.79 Å². The maximum atomic E-state index is 11.5. The number of aryl methyl sites for hydroxylation is 1. The average Bonchev–Trinajstić information content (AvgIpc) is 2.53. The van der Waals surface area contributed by atoms with Crippen molar-refractivity contribution in [3.05, 3.63) is 29.3 Å². The van der Waals surface area contributed by atoms with E-state index in [-0.39, 0.29) is 11.5 Å². The molecule has 1 aliphatic rings. The monoisotopic (exact) mass is 224 g/mol. The van der Waals surface area contributed by atoms with Crippen molar-refractivity contribution in [1.29, 1.82) is 0 Å². The third kappa shape index (κ3) is 1.69. The van der Waals surface area contributed by atoms with Gasteiger partial charge in [-0.05, 0) is 24.1 Å². The lowest BCUT2D eigenvalue weighted by Crippen LogP contribution is -2.00. The Kier molecular flexibility index (Phi) is 2.38. The third-order valence-electron chi connectivity index (χ3n) is 2.68. The van der Waals surface area contributed by atoms with Crippen LogP contribution in [0.2, 0.25) is 0 Å². The van der Waals surface area contributed by atoms with Crippen LogP contribution >= 0.6 is 0 Å². The molecule has 0 bridgehead atoms. The first-order chi connectivity index (χ1) is 7.04. The van der Waals surface area contributed by atoms with Crippen LogP contribution in [0, 0.1) is 0 Å². The van der Waals surface area contributed by atoms with Gasteiger partial charge in [-0.15, -0.1) is 0 Å². The Labute approximate surface area is 89.0 Å². The lowest BCUT2D eigenvalue weighted by molar-refractivity contribution is 0.0988. The zero-order valence-electron chi connectivity index (χ0n) is 8.49. The molecule has 15 heavy (non-hydrogen) atoms. The molecule has 1 aliphatic heterocycles. The highest BCUT2D eigenvalue weighted by Crippen LogP contribution is 2.26. The van der Waals surface area contributed by atoms with Gasteiger partial charge in [-0.25, -0.2) is 8.42 Å². The Morgan fingerprint density at radius 3 is 2.80 bits per heavy atom. The van der Waals surface area contributed by atoms with Crippen molar-refractivity contribution in [2.75, 3.05) is 5.75 Å². The summed E-state index contributed by atoms with van der Waals surface area (Å²) in [6, 6.07) is 4.87. The number of rotatable bonds is 2. The molecule has 0 saturated heterocycles. The molecule has 4 heteroatoms. The quantitative estimate of drug-likeness (QED) is 0.717. The van der Waals surface area contributed by atoms with E-state index in [1.165, 1.54) is 0 Å². The van der Waals surface area contributed by atoms with Crippen molar-refractivity contribution in [1.82, 2.24) is 0 Å². The number of carbonyl (C=O) groups excluding carboxylic acids is 1. The number of fused-ring (bicyclic) bond motifs is 1. The standard InChI is InChI=1S/C11H12O3S/c1-2-10(12)8-3-4-11-9(7-8)5-6-15(11,13)14/h3-4,7H,2,5-6H2,1H3. The van der Waals surface area contributed by atoms with E-state index in [9.17, 15) is 13.2 Å². The molecule has 0 aromatic heterocycles. The second kappa shape index (κ2) is 3.45. The van der Waals surface area contributed by atoms with E-state index in [4.69, 9.17) is 0 Å². The van der Waals surface area contributed by atoms with Crippen LogP contribution in [0.5, 0.6) is 0 Å². The zero-order chi connectivity index (χ0) is 11.1. The number of hydrogen-bond acceptors (Lipinski definition) is 3. The largest absolute Gasteiger partial charge is 0.294 e. The molecule has 3 nitrogen and oxygen atoms in total. The van der Waals surface area contributed by atoms with Crippen molar-refractivity contribution in [2.24, 2.45) is 0 Å². The fraction of sp³-hybridized carbons (Fsp3) is 0.364. The number of sulfone groups is 1. The van der Waals surface area contributed by atoms with Crippen LogP contribution in [0.3, 0.4) is 0 Å². The van der Waals surface area contributed by atoms with Gasteiger partial charge < -0.3 is 0 Å². The Morgan fingerprint density at radius 2 is 2.13 bits per heavy atom. The van der Waals surface area contributed by atoms with Crippen molar-refractivity contribution in [3.8, 4) is 0 Å². The normalized spacial score (nSPS) is 17.4. The number of hydrogen-bond donors (Lipinski definition) is 0. The zero-order valence-corrected chi connectivity index (χ0v) is 9.30. The van der Waals surface area contributed by atoms with E-state index >= 15 is 0 Å². The SMILES string of the molecule is CCC(=O)c1ccc2c(c1)CCS2(=O)=O. The highest BCUT2D eigenvalue weighted by atomic mass is 32.2. The van der Waals surface area contributed by atoms with Crippen LogP contribution < -0.4 is 0 Å². The second-order valence-corrected chi connectivity index (χ2v) is 5.75. The number of ketones is 1. The van der Waals surface area contributed by atoms with E-state index in [0.717, 1.165) is 5.56 Å². The van der Waals surface area contributed by atoms with Gasteiger partial charge >= 0.3 is 0 Å². The molecule has 0 saturated carbocycles. The molecule has 0 fully saturated rings. The molecule has 0 amide bonds. The summed E-state index contributed by atoms with van der Waals surface area (Å²) in [4.78, 5) is 11.8. The predicted molar refractivity (Wildman–Crippen MR) is 56.8 cm³/mol. The van der Waals surface area contributed by atoms with Gasteiger partial charge in [-0.1, -0.05) is 13.0 Å². The maximum Gasteiger partial charge on any atom is 0.178 e. The second-order valence-electron chi connectivity index (χ2n) is 3.67. The summed E-state index contributed by atoms with van der Waals surface area (Å²) in [6.45, 7) is 1.80. The molecule has 0 N–H and O–H groups in total. The highest BCUT2D eigenvalue weighted by Gasteiger charge is 2.26. The summed E-state index contributed by atoms with van der Waals surface area (Å²) >= 11 is 0. The maximum absolute atomic E-state index is 11.5. The Balaban J connectivity index is 2.51. The van der Waals surface area contributed by atoms with Crippen LogP contribution in [-0.4, -0.2) is 20.0 Å². The van der Waals surface area contributed by atoms with Gasteiger partial charge in [0.25, 0.3) is 0 Å². The molecule has 0 unspecified atom stereocenters. The van der Waals surface area contributed by atoms with Crippen molar-refractivity contribution < 1.29 is 13.2 Å². The first kappa shape index (κ1) is 10.4. The van der Waals surface area contributed by atoms with Crippen molar-refractivity contribution in [3.63, 3.8) is 0 Å². The van der Waals surface area contributed by atoms with E-state index in [2.05, 4.69) is 0 Å². The molecular weight excluding hydrogens is 212 g/mol. The minimum Gasteiger partial charge on any atom is -0.294 e. The van der Waals surface area contributed by atoms with Crippen LogP contribution in [0.15, 0.2) is 23.1 Å². The van der Waals surface area contributed by atoms with Gasteiger partial charge in [0.1, 0.15) is 0 Å². The topological polar surface area (TPSA) is 51.2 Å². The molecule has 0 radical (unpaired) electrons. The lowest BCUT2D eigenvalue weighted by atomic mass is 10.0. The molecule has 0 spiro atoms. The van der Waals surface area contributed by atoms with Gasteiger partial charge in [0.15, 0.2) is 15.6 Å². The van der Waals surface area contributed by atoms with Gasteiger partial charge in [-0.2, -0.15) is 0 Å². The molecule has 80 valence electrons. The van der Waals surface area contributed by atoms with Crippen LogP contribution in [0.25, 0.3) is 0 Å². The van der Waals surface area contributed by atoms with Crippen molar-refractivity contribution >= 4 is 15.6 Å². The first-order valence-corrected chi connectivity index (χ1v) is 6.58. The molecule has 2 rings (SSSR count). The van der Waals surface area contributed by atoms with Crippen LogP contribution in [-0.2, 0) is 16.3 Å². The third-order valence-corrected chi connectivity index (χ3v) is 4.49. The molecule has 1 aromatic rings. The molecule has 0 atom stereocenters. The first-order valence-electron chi connectivity index (χ1n) is 4.93. The summed E-state index contributed by atoms with van der Waals surface area (Å²) < 4.78 is 23.0. The Morgan fingerprint density at radius 1 is 1.40 bits per heavy atom. The predicted octanol–water partition coefficient (Wildman–Crippen LogP) is 1.61.